The summed E-state index contributed by atoms with van der Waals surface area (Å²) >= 11 is 0. The predicted molar refractivity (Wildman–Crippen MR) is 92.4 cm³/mol. The molecule has 2 aromatic carbocycles. The zero-order valence-corrected chi connectivity index (χ0v) is 14.1. The SMILES string of the molecule is Cc1nn(-c2ccccc2)c(C)c1C(=O)C(=O)Nc1c(F)cccc1F. The maximum Gasteiger partial charge on any atom is 0.297 e. The number of aromatic nitrogens is 2. The van der Waals surface area contributed by atoms with Gasteiger partial charge in [-0.1, -0.05) is 24.3 Å². The minimum Gasteiger partial charge on any atom is -0.314 e. The highest BCUT2D eigenvalue weighted by molar-refractivity contribution is 6.47. The molecule has 0 fully saturated rings. The Morgan fingerprint density at radius 3 is 2.19 bits per heavy atom. The maximum atomic E-state index is 13.7. The summed E-state index contributed by atoms with van der Waals surface area (Å²) in [5.41, 5.74) is 0.982. The fraction of sp³-hybridized carbons (Fsp3) is 0.105. The maximum absolute atomic E-state index is 13.7. The van der Waals surface area contributed by atoms with Crippen LogP contribution in [0.3, 0.4) is 0 Å². The molecule has 3 rings (SSSR count). The molecule has 0 atom stereocenters. The fourth-order valence-corrected chi connectivity index (χ4v) is 2.69. The molecule has 0 spiro atoms. The second kappa shape index (κ2) is 6.87. The van der Waals surface area contributed by atoms with Gasteiger partial charge in [-0.15, -0.1) is 0 Å². The normalized spacial score (nSPS) is 10.6. The Hall–Kier alpha value is -3.35. The van der Waals surface area contributed by atoms with Gasteiger partial charge in [-0.05, 0) is 38.1 Å². The van der Waals surface area contributed by atoms with E-state index in [1.165, 1.54) is 6.07 Å². The van der Waals surface area contributed by atoms with Crippen molar-refractivity contribution < 1.29 is 18.4 Å². The van der Waals surface area contributed by atoms with Gasteiger partial charge in [0.2, 0.25) is 0 Å². The lowest BCUT2D eigenvalue weighted by molar-refractivity contribution is -0.112. The van der Waals surface area contributed by atoms with Crippen molar-refractivity contribution in [1.29, 1.82) is 0 Å². The standard InChI is InChI=1S/C19H15F2N3O2/c1-11-16(12(2)24(23-11)13-7-4-3-5-8-13)18(25)19(26)22-17-14(20)9-6-10-15(17)21/h3-10H,1-2H3,(H,22,26). The Balaban J connectivity index is 1.93. The van der Waals surface area contributed by atoms with Crippen LogP contribution in [-0.2, 0) is 4.79 Å². The molecule has 0 saturated carbocycles. The number of anilines is 1. The first kappa shape index (κ1) is 17.5. The summed E-state index contributed by atoms with van der Waals surface area (Å²) < 4.78 is 28.9. The molecule has 26 heavy (non-hydrogen) atoms. The molecule has 0 aliphatic heterocycles. The zero-order chi connectivity index (χ0) is 18.8. The second-order valence-electron chi connectivity index (χ2n) is 5.67. The third-order valence-corrected chi connectivity index (χ3v) is 3.93. The van der Waals surface area contributed by atoms with Gasteiger partial charge in [-0.25, -0.2) is 13.5 Å². The van der Waals surface area contributed by atoms with Gasteiger partial charge in [-0.2, -0.15) is 5.10 Å². The number of carbonyl (C=O) groups excluding carboxylic acids is 2. The number of ketones is 1. The van der Waals surface area contributed by atoms with E-state index in [0.717, 1.165) is 17.8 Å². The van der Waals surface area contributed by atoms with Gasteiger partial charge in [0.05, 0.1) is 22.6 Å². The molecule has 0 bridgehead atoms. The van der Waals surface area contributed by atoms with E-state index in [-0.39, 0.29) is 5.56 Å². The number of rotatable bonds is 4. The topological polar surface area (TPSA) is 64.0 Å². The van der Waals surface area contributed by atoms with Crippen LogP contribution in [-0.4, -0.2) is 21.5 Å². The summed E-state index contributed by atoms with van der Waals surface area (Å²) in [7, 11) is 0. The van der Waals surface area contributed by atoms with Crippen LogP contribution >= 0.6 is 0 Å². The first-order chi connectivity index (χ1) is 12.4. The van der Waals surface area contributed by atoms with Gasteiger partial charge in [0.15, 0.2) is 0 Å². The van der Waals surface area contributed by atoms with E-state index < -0.39 is 29.0 Å². The molecule has 0 unspecified atom stereocenters. The van der Waals surface area contributed by atoms with Gasteiger partial charge in [0, 0.05) is 0 Å². The summed E-state index contributed by atoms with van der Waals surface area (Å²) in [5, 5.41) is 6.30. The molecule has 0 radical (unpaired) electrons. The van der Waals surface area contributed by atoms with E-state index in [0.29, 0.717) is 11.4 Å². The van der Waals surface area contributed by atoms with Gasteiger partial charge in [-0.3, -0.25) is 9.59 Å². The number of amides is 1. The Labute approximate surface area is 148 Å². The largest absolute Gasteiger partial charge is 0.314 e. The number of hydrogen-bond acceptors (Lipinski definition) is 3. The molecule has 0 saturated heterocycles. The zero-order valence-electron chi connectivity index (χ0n) is 14.1. The molecule has 1 aromatic heterocycles. The van der Waals surface area contributed by atoms with Crippen molar-refractivity contribution in [2.45, 2.75) is 13.8 Å². The minimum absolute atomic E-state index is 0.100. The highest BCUT2D eigenvalue weighted by Crippen LogP contribution is 2.21. The molecule has 0 aliphatic rings. The monoisotopic (exact) mass is 355 g/mol. The summed E-state index contributed by atoms with van der Waals surface area (Å²) in [6.07, 6.45) is 0. The number of aryl methyl sites for hydroxylation is 1. The van der Waals surface area contributed by atoms with Crippen molar-refractivity contribution >= 4 is 17.4 Å². The van der Waals surface area contributed by atoms with Crippen LogP contribution in [0.25, 0.3) is 5.69 Å². The van der Waals surface area contributed by atoms with Gasteiger partial charge in [0.1, 0.15) is 17.3 Å². The third kappa shape index (κ3) is 3.11. The van der Waals surface area contributed by atoms with Crippen molar-refractivity contribution in [1.82, 2.24) is 9.78 Å². The number of Topliss-reactive ketones (excluding diaryl/α,β-unsaturated/α-hetero) is 1. The Morgan fingerprint density at radius 1 is 0.962 bits per heavy atom. The summed E-state index contributed by atoms with van der Waals surface area (Å²) in [6.45, 7) is 3.24. The van der Waals surface area contributed by atoms with E-state index in [2.05, 4.69) is 5.10 Å². The molecular weight excluding hydrogens is 340 g/mol. The molecule has 1 N–H and O–H groups in total. The third-order valence-electron chi connectivity index (χ3n) is 3.93. The van der Waals surface area contributed by atoms with Gasteiger partial charge >= 0.3 is 0 Å². The number of nitrogens with one attached hydrogen (secondary N) is 1. The first-order valence-corrected chi connectivity index (χ1v) is 7.81. The minimum atomic E-state index is -1.13. The van der Waals surface area contributed by atoms with Gasteiger partial charge in [0.25, 0.3) is 11.7 Å². The number of nitrogens with zero attached hydrogens (tertiary/aromatic N) is 2. The quantitative estimate of drug-likeness (QED) is 0.575. The average Bonchev–Trinajstić information content (AvgIpc) is 2.92. The molecule has 0 aliphatic carbocycles. The Bertz CT molecular complexity index is 977. The Morgan fingerprint density at radius 2 is 1.58 bits per heavy atom. The van der Waals surface area contributed by atoms with Crippen LogP contribution in [0, 0.1) is 25.5 Å². The number of benzene rings is 2. The van der Waals surface area contributed by atoms with Crippen molar-refractivity contribution in [2.75, 3.05) is 5.32 Å². The van der Waals surface area contributed by atoms with Crippen LogP contribution < -0.4 is 5.32 Å². The highest BCUT2D eigenvalue weighted by Gasteiger charge is 2.26. The number of carbonyl (C=O) groups is 2. The molecule has 7 heteroatoms. The van der Waals surface area contributed by atoms with Crippen LogP contribution in [0.15, 0.2) is 48.5 Å². The highest BCUT2D eigenvalue weighted by atomic mass is 19.1. The van der Waals surface area contributed by atoms with E-state index in [4.69, 9.17) is 0 Å². The first-order valence-electron chi connectivity index (χ1n) is 7.81. The van der Waals surface area contributed by atoms with Crippen LogP contribution in [0.4, 0.5) is 14.5 Å². The smallest absolute Gasteiger partial charge is 0.297 e. The average molecular weight is 355 g/mol. The van der Waals surface area contributed by atoms with Crippen molar-refractivity contribution in [3.8, 4) is 5.69 Å². The van der Waals surface area contributed by atoms with Crippen molar-refractivity contribution in [2.24, 2.45) is 0 Å². The van der Waals surface area contributed by atoms with Crippen LogP contribution in [0.5, 0.6) is 0 Å². The molecule has 5 nitrogen and oxygen atoms in total. The number of halogens is 2. The lowest BCUT2D eigenvalue weighted by atomic mass is 10.1. The number of para-hydroxylation sites is 2. The summed E-state index contributed by atoms with van der Waals surface area (Å²) in [4.78, 5) is 24.8. The van der Waals surface area contributed by atoms with Crippen molar-refractivity contribution in [3.63, 3.8) is 0 Å². The molecule has 1 heterocycles. The van der Waals surface area contributed by atoms with E-state index in [9.17, 15) is 18.4 Å². The van der Waals surface area contributed by atoms with E-state index >= 15 is 0 Å². The molecule has 1 amide bonds. The molecule has 3 aromatic rings. The Kier molecular flexibility index (Phi) is 4.62. The lowest BCUT2D eigenvalue weighted by Crippen LogP contribution is -2.25. The van der Waals surface area contributed by atoms with E-state index in [1.807, 2.05) is 35.6 Å². The second-order valence-corrected chi connectivity index (χ2v) is 5.67. The van der Waals surface area contributed by atoms with Crippen LogP contribution in [0.1, 0.15) is 21.7 Å². The lowest BCUT2D eigenvalue weighted by Gasteiger charge is -2.07. The predicted octanol–water partition coefficient (Wildman–Crippen LogP) is 3.59. The van der Waals surface area contributed by atoms with Crippen molar-refractivity contribution in [3.05, 3.63) is 77.1 Å². The van der Waals surface area contributed by atoms with E-state index in [1.54, 1.807) is 18.5 Å². The summed E-state index contributed by atoms with van der Waals surface area (Å²) in [5.74, 6) is -3.96. The van der Waals surface area contributed by atoms with Crippen LogP contribution in [0.2, 0.25) is 0 Å². The molecule has 132 valence electrons. The molecular formula is C19H15F2N3O2. The van der Waals surface area contributed by atoms with Gasteiger partial charge < -0.3 is 5.32 Å². The fourth-order valence-electron chi connectivity index (χ4n) is 2.69. The number of hydrogen-bond donors (Lipinski definition) is 1. The summed E-state index contributed by atoms with van der Waals surface area (Å²) in [6, 6.07) is 12.3.